The van der Waals surface area contributed by atoms with E-state index in [2.05, 4.69) is 10.2 Å². The van der Waals surface area contributed by atoms with Gasteiger partial charge in [0.2, 0.25) is 0 Å². The Morgan fingerprint density at radius 1 is 1.25 bits per heavy atom. The van der Waals surface area contributed by atoms with Gasteiger partial charge in [-0.05, 0) is 18.6 Å². The fraction of sp³-hybridized carbons (Fsp3) is 0.650. The third-order valence-electron chi connectivity index (χ3n) is 5.81. The van der Waals surface area contributed by atoms with Crippen LogP contribution in [0.15, 0.2) is 18.2 Å². The second kappa shape index (κ2) is 8.63. The Morgan fingerprint density at radius 2 is 2.07 bits per heavy atom. The summed E-state index contributed by atoms with van der Waals surface area (Å²) in [6.07, 6.45) is 2.37. The van der Waals surface area contributed by atoms with Gasteiger partial charge in [-0.25, -0.2) is 9.18 Å². The van der Waals surface area contributed by atoms with Crippen LogP contribution >= 0.6 is 0 Å². The van der Waals surface area contributed by atoms with Gasteiger partial charge in [0, 0.05) is 45.6 Å². The first-order chi connectivity index (χ1) is 13.6. The zero-order chi connectivity index (χ0) is 19.5. The van der Waals surface area contributed by atoms with Crippen LogP contribution in [0.3, 0.4) is 0 Å². The van der Waals surface area contributed by atoms with Gasteiger partial charge in [-0.15, -0.1) is 0 Å². The number of urea groups is 1. The summed E-state index contributed by atoms with van der Waals surface area (Å²) in [4.78, 5) is 17.0. The molecule has 0 saturated carbocycles. The van der Waals surface area contributed by atoms with Crippen molar-refractivity contribution in [2.45, 2.75) is 37.5 Å². The molecule has 3 atom stereocenters. The molecule has 7 nitrogen and oxygen atoms in total. The van der Waals surface area contributed by atoms with E-state index in [-0.39, 0.29) is 24.3 Å². The van der Waals surface area contributed by atoms with Gasteiger partial charge in [-0.2, -0.15) is 0 Å². The van der Waals surface area contributed by atoms with E-state index < -0.39 is 5.82 Å². The van der Waals surface area contributed by atoms with Gasteiger partial charge in [0.05, 0.1) is 37.7 Å². The van der Waals surface area contributed by atoms with Crippen LogP contribution in [0.25, 0.3) is 0 Å². The minimum atomic E-state index is -0.392. The summed E-state index contributed by atoms with van der Waals surface area (Å²) in [6, 6.07) is 3.99. The number of hydrogen-bond acceptors (Lipinski definition) is 5. The van der Waals surface area contributed by atoms with Gasteiger partial charge in [0.15, 0.2) is 0 Å². The summed E-state index contributed by atoms with van der Waals surface area (Å²) in [5.41, 5.74) is 0.478. The predicted octanol–water partition coefficient (Wildman–Crippen LogP) is 2.32. The van der Waals surface area contributed by atoms with Crippen LogP contribution in [0.4, 0.5) is 14.9 Å². The van der Waals surface area contributed by atoms with Crippen LogP contribution in [0.5, 0.6) is 5.75 Å². The van der Waals surface area contributed by atoms with Crippen molar-refractivity contribution in [3.8, 4) is 5.75 Å². The van der Waals surface area contributed by atoms with Gasteiger partial charge in [0.25, 0.3) is 0 Å². The van der Waals surface area contributed by atoms with Gasteiger partial charge >= 0.3 is 6.03 Å². The van der Waals surface area contributed by atoms with Crippen molar-refractivity contribution < 1.29 is 23.4 Å². The van der Waals surface area contributed by atoms with Crippen LogP contribution < -0.4 is 10.1 Å². The molecule has 2 amide bonds. The van der Waals surface area contributed by atoms with E-state index >= 15 is 0 Å². The van der Waals surface area contributed by atoms with Crippen LogP contribution in [0.1, 0.15) is 19.3 Å². The number of likely N-dealkylation sites (N-methyl/N-ethyl adjacent to an activating group) is 1. The predicted molar refractivity (Wildman–Crippen MR) is 102 cm³/mol. The average molecular weight is 393 g/mol. The highest BCUT2D eigenvalue weighted by atomic mass is 19.1. The quantitative estimate of drug-likeness (QED) is 0.851. The van der Waals surface area contributed by atoms with Crippen molar-refractivity contribution in [1.29, 1.82) is 0 Å². The number of hydrogen-bond donors (Lipinski definition) is 1. The maximum absolute atomic E-state index is 13.8. The molecule has 0 aromatic heterocycles. The van der Waals surface area contributed by atoms with Crippen molar-refractivity contribution in [2.24, 2.45) is 0 Å². The first-order valence-electron chi connectivity index (χ1n) is 10.0. The molecule has 3 aliphatic rings. The van der Waals surface area contributed by atoms with Gasteiger partial charge in [-0.3, -0.25) is 4.90 Å². The lowest BCUT2D eigenvalue weighted by atomic mass is 9.99. The minimum absolute atomic E-state index is 0.0249. The van der Waals surface area contributed by atoms with E-state index in [1.54, 1.807) is 18.0 Å². The average Bonchev–Trinajstić information content (AvgIpc) is 2.71. The molecule has 4 rings (SSSR count). The Morgan fingerprint density at radius 3 is 2.89 bits per heavy atom. The van der Waals surface area contributed by atoms with Crippen molar-refractivity contribution in [1.82, 2.24) is 9.80 Å². The SMILES string of the molecule is CN(C(=O)Nc1ccc(F)cc1OC1CCOCC1)C1CCN2CCOC1C2. The molecule has 3 aliphatic heterocycles. The molecule has 1 aromatic rings. The molecule has 3 saturated heterocycles. The highest BCUT2D eigenvalue weighted by Crippen LogP contribution is 2.29. The number of carbonyl (C=O) groups is 1. The topological polar surface area (TPSA) is 63.3 Å². The van der Waals surface area contributed by atoms with Crippen LogP contribution in [-0.2, 0) is 9.47 Å². The number of amides is 2. The van der Waals surface area contributed by atoms with Crippen molar-refractivity contribution in [2.75, 3.05) is 51.8 Å². The maximum atomic E-state index is 13.8. The molecule has 3 fully saturated rings. The molecule has 154 valence electrons. The summed E-state index contributed by atoms with van der Waals surface area (Å²) in [5.74, 6) is -0.0335. The third kappa shape index (κ3) is 4.39. The smallest absolute Gasteiger partial charge is 0.322 e. The van der Waals surface area contributed by atoms with E-state index in [1.807, 2.05) is 0 Å². The molecular formula is C20H28FN3O4. The second-order valence-corrected chi connectivity index (χ2v) is 7.68. The monoisotopic (exact) mass is 393 g/mol. The number of halogens is 1. The lowest BCUT2D eigenvalue weighted by Gasteiger charge is -2.45. The Labute approximate surface area is 164 Å². The van der Waals surface area contributed by atoms with Gasteiger partial charge in [-0.1, -0.05) is 0 Å². The van der Waals surface area contributed by atoms with E-state index in [1.165, 1.54) is 12.1 Å². The maximum Gasteiger partial charge on any atom is 0.322 e. The molecule has 1 N–H and O–H groups in total. The number of benzene rings is 1. The molecule has 3 heterocycles. The molecular weight excluding hydrogens is 365 g/mol. The first-order valence-corrected chi connectivity index (χ1v) is 10.0. The zero-order valence-corrected chi connectivity index (χ0v) is 16.2. The Balaban J connectivity index is 1.43. The van der Waals surface area contributed by atoms with Gasteiger partial charge in [0.1, 0.15) is 17.7 Å². The number of morpholine rings is 1. The second-order valence-electron chi connectivity index (χ2n) is 7.68. The number of anilines is 1. The van der Waals surface area contributed by atoms with Crippen LogP contribution in [0.2, 0.25) is 0 Å². The highest BCUT2D eigenvalue weighted by Gasteiger charge is 2.37. The van der Waals surface area contributed by atoms with Crippen LogP contribution in [0, 0.1) is 5.82 Å². The lowest BCUT2D eigenvalue weighted by molar-refractivity contribution is -0.0878. The third-order valence-corrected chi connectivity index (χ3v) is 5.81. The number of rotatable bonds is 4. The standard InChI is InChI=1S/C20H28FN3O4/c1-23(17-4-7-24-8-11-27-19(17)13-24)20(25)22-16-3-2-14(21)12-18(16)28-15-5-9-26-10-6-15/h2-3,12,15,17,19H,4-11,13H2,1H3,(H,22,25). The largest absolute Gasteiger partial charge is 0.488 e. The summed E-state index contributed by atoms with van der Waals surface area (Å²) in [6.45, 7) is 4.75. The minimum Gasteiger partial charge on any atom is -0.488 e. The number of ether oxygens (including phenoxy) is 3. The summed E-state index contributed by atoms with van der Waals surface area (Å²) < 4.78 is 31.0. The Hall–Kier alpha value is -1.90. The van der Waals surface area contributed by atoms with Crippen molar-refractivity contribution in [3.63, 3.8) is 0 Å². The summed E-state index contributed by atoms with van der Waals surface area (Å²) >= 11 is 0. The highest BCUT2D eigenvalue weighted by molar-refractivity contribution is 5.91. The molecule has 8 heteroatoms. The van der Waals surface area contributed by atoms with E-state index in [9.17, 15) is 9.18 Å². The van der Waals surface area contributed by atoms with E-state index in [4.69, 9.17) is 14.2 Å². The number of nitrogens with one attached hydrogen (secondary N) is 1. The Bertz CT molecular complexity index is 698. The molecule has 0 aliphatic carbocycles. The van der Waals surface area contributed by atoms with Gasteiger partial charge < -0.3 is 24.4 Å². The molecule has 3 unspecified atom stereocenters. The molecule has 2 bridgehead atoms. The molecule has 0 radical (unpaired) electrons. The number of nitrogens with zero attached hydrogens (tertiary/aromatic N) is 2. The Kier molecular flexibility index (Phi) is 5.99. The number of piperidine rings is 1. The lowest BCUT2D eigenvalue weighted by Crippen LogP contribution is -2.59. The van der Waals surface area contributed by atoms with Crippen LogP contribution in [-0.4, -0.2) is 80.6 Å². The fourth-order valence-corrected chi connectivity index (χ4v) is 4.14. The normalized spacial score (nSPS) is 27.9. The first kappa shape index (κ1) is 19.4. The fourth-order valence-electron chi connectivity index (χ4n) is 4.14. The summed E-state index contributed by atoms with van der Waals surface area (Å²) in [5, 5.41) is 2.89. The number of fused-ring (bicyclic) bond motifs is 2. The molecule has 1 aromatic carbocycles. The van der Waals surface area contributed by atoms with Crippen molar-refractivity contribution >= 4 is 11.7 Å². The van der Waals surface area contributed by atoms with E-state index in [0.29, 0.717) is 31.3 Å². The van der Waals surface area contributed by atoms with Crippen molar-refractivity contribution in [3.05, 3.63) is 24.0 Å². The number of carbonyl (C=O) groups excluding carboxylic acids is 1. The molecule has 0 spiro atoms. The summed E-state index contributed by atoms with van der Waals surface area (Å²) in [7, 11) is 1.79. The zero-order valence-electron chi connectivity index (χ0n) is 16.2. The molecule has 28 heavy (non-hydrogen) atoms. The van der Waals surface area contributed by atoms with E-state index in [0.717, 1.165) is 38.9 Å².